The highest BCUT2D eigenvalue weighted by atomic mass is 35.7. The van der Waals surface area contributed by atoms with Gasteiger partial charge in [0.15, 0.2) is 17.4 Å². The number of ether oxygens (including phenoxy) is 1. The summed E-state index contributed by atoms with van der Waals surface area (Å²) in [5.74, 6) is -0.251. The van der Waals surface area contributed by atoms with Gasteiger partial charge in [-0.3, -0.25) is 4.57 Å². The van der Waals surface area contributed by atoms with Crippen LogP contribution in [0.4, 0.5) is 4.39 Å². The van der Waals surface area contributed by atoms with Gasteiger partial charge in [0.25, 0.3) is 14.2 Å². The van der Waals surface area contributed by atoms with Crippen LogP contribution in [-0.4, -0.2) is 30.3 Å². The Kier molecular flexibility index (Phi) is 4.48. The zero-order chi connectivity index (χ0) is 15.6. The Morgan fingerprint density at radius 1 is 1.38 bits per heavy atom. The fraction of sp³-hybridized carbons (Fsp3) is 0.333. The molecule has 2 aromatic rings. The monoisotopic (exact) mass is 333 g/mol. The van der Waals surface area contributed by atoms with Gasteiger partial charge in [0.2, 0.25) is 0 Å². The first-order chi connectivity index (χ1) is 9.88. The third kappa shape index (κ3) is 3.16. The van der Waals surface area contributed by atoms with Crippen molar-refractivity contribution in [2.75, 3.05) is 7.11 Å². The van der Waals surface area contributed by atoms with E-state index in [4.69, 9.17) is 15.4 Å². The highest BCUT2D eigenvalue weighted by Gasteiger charge is 2.23. The second-order valence-electron chi connectivity index (χ2n) is 4.24. The molecule has 0 unspecified atom stereocenters. The zero-order valence-electron chi connectivity index (χ0n) is 11.4. The Morgan fingerprint density at radius 3 is 2.62 bits per heavy atom. The van der Waals surface area contributed by atoms with E-state index in [1.54, 1.807) is 6.07 Å². The zero-order valence-corrected chi connectivity index (χ0v) is 12.9. The molecule has 114 valence electrons. The lowest BCUT2D eigenvalue weighted by Crippen LogP contribution is -2.07. The van der Waals surface area contributed by atoms with E-state index in [2.05, 4.69) is 10.2 Å². The van der Waals surface area contributed by atoms with E-state index in [-0.39, 0.29) is 16.7 Å². The summed E-state index contributed by atoms with van der Waals surface area (Å²) in [5, 5.41) is 7.05. The summed E-state index contributed by atoms with van der Waals surface area (Å²) in [4.78, 5) is 0. The highest BCUT2D eigenvalue weighted by molar-refractivity contribution is 8.13. The van der Waals surface area contributed by atoms with Gasteiger partial charge >= 0.3 is 0 Å². The second kappa shape index (κ2) is 5.98. The van der Waals surface area contributed by atoms with Crippen molar-refractivity contribution in [1.82, 2.24) is 14.8 Å². The highest BCUT2D eigenvalue weighted by Crippen LogP contribution is 2.26. The number of hydrogen-bond acceptors (Lipinski definition) is 5. The molecule has 0 spiro atoms. The maximum atomic E-state index is 13.8. The van der Waals surface area contributed by atoms with E-state index in [9.17, 15) is 12.8 Å². The van der Waals surface area contributed by atoms with Gasteiger partial charge < -0.3 is 4.74 Å². The van der Waals surface area contributed by atoms with Crippen LogP contribution in [0.15, 0.2) is 23.4 Å². The van der Waals surface area contributed by atoms with Crippen LogP contribution < -0.4 is 4.74 Å². The van der Waals surface area contributed by atoms with Gasteiger partial charge in [-0.2, -0.15) is 0 Å². The number of rotatable bonds is 5. The molecule has 0 saturated carbocycles. The Hall–Kier alpha value is -1.67. The molecule has 0 fully saturated rings. The van der Waals surface area contributed by atoms with Crippen LogP contribution in [0.3, 0.4) is 0 Å². The predicted octanol–water partition coefficient (Wildman–Crippen LogP) is 2.43. The molecule has 0 aliphatic rings. The van der Waals surface area contributed by atoms with E-state index >= 15 is 0 Å². The number of methoxy groups -OCH3 is 1. The summed E-state index contributed by atoms with van der Waals surface area (Å²) in [6, 6.07) is 4.22. The van der Waals surface area contributed by atoms with Crippen LogP contribution in [0, 0.1) is 5.82 Å². The lowest BCUT2D eigenvalue weighted by atomic mass is 10.2. The maximum absolute atomic E-state index is 13.8. The minimum Gasteiger partial charge on any atom is -0.494 e. The van der Waals surface area contributed by atoms with Crippen LogP contribution in [0.1, 0.15) is 13.3 Å². The molecule has 1 aromatic heterocycles. The first kappa shape index (κ1) is 15.7. The number of nitrogens with zero attached hydrogens (tertiary/aromatic N) is 3. The van der Waals surface area contributed by atoms with Crippen LogP contribution >= 0.6 is 10.7 Å². The summed E-state index contributed by atoms with van der Waals surface area (Å²) in [6.45, 7) is 2.21. The lowest BCUT2D eigenvalue weighted by molar-refractivity contribution is 0.386. The Morgan fingerprint density at radius 2 is 2.10 bits per heavy atom. The van der Waals surface area contributed by atoms with Crippen LogP contribution in [0.5, 0.6) is 5.75 Å². The summed E-state index contributed by atoms with van der Waals surface area (Å²) in [7, 11) is 2.67. The average Bonchev–Trinajstić information content (AvgIpc) is 2.83. The van der Waals surface area contributed by atoms with E-state index < -0.39 is 14.9 Å². The number of aromatic nitrogens is 3. The van der Waals surface area contributed by atoms with Crippen molar-refractivity contribution >= 4 is 19.7 Å². The molecule has 0 atom stereocenters. The Bertz CT molecular complexity index is 761. The standard InChI is InChI=1S/C12H13ClFN3O3S/c1-3-6-17-11(15-16-12(17)21(13,18)19)8-4-5-10(20-2)9(14)7-8/h4-5,7H,3,6H2,1-2H3. The van der Waals surface area contributed by atoms with Crippen molar-refractivity contribution in [3.8, 4) is 17.1 Å². The van der Waals surface area contributed by atoms with Crippen LogP contribution in [-0.2, 0) is 15.6 Å². The minimum atomic E-state index is -4.02. The number of hydrogen-bond donors (Lipinski definition) is 0. The third-order valence-corrected chi connectivity index (χ3v) is 3.94. The average molecular weight is 334 g/mol. The van der Waals surface area contributed by atoms with Crippen molar-refractivity contribution in [3.63, 3.8) is 0 Å². The molecule has 0 aliphatic carbocycles. The Balaban J connectivity index is 2.59. The molecule has 6 nitrogen and oxygen atoms in total. The molecule has 1 heterocycles. The molecule has 0 saturated heterocycles. The maximum Gasteiger partial charge on any atom is 0.296 e. The van der Waals surface area contributed by atoms with Gasteiger partial charge in [-0.15, -0.1) is 10.2 Å². The van der Waals surface area contributed by atoms with Gasteiger partial charge in [0.05, 0.1) is 7.11 Å². The minimum absolute atomic E-state index is 0.0884. The summed E-state index contributed by atoms with van der Waals surface area (Å²) in [6.07, 6.45) is 0.642. The molecule has 0 bridgehead atoms. The third-order valence-electron chi connectivity index (χ3n) is 2.79. The van der Waals surface area contributed by atoms with E-state index in [0.717, 1.165) is 0 Å². The van der Waals surface area contributed by atoms with Gasteiger partial charge in [-0.25, -0.2) is 12.8 Å². The molecule has 2 rings (SSSR count). The SMILES string of the molecule is CCCn1c(-c2ccc(OC)c(F)c2)nnc1S(=O)(=O)Cl. The smallest absolute Gasteiger partial charge is 0.296 e. The van der Waals surface area contributed by atoms with E-state index in [0.29, 0.717) is 18.5 Å². The molecular weight excluding hydrogens is 321 g/mol. The van der Waals surface area contributed by atoms with Crippen molar-refractivity contribution in [2.24, 2.45) is 0 Å². The molecule has 0 amide bonds. The molecule has 9 heteroatoms. The van der Waals surface area contributed by atoms with Crippen LogP contribution in [0.25, 0.3) is 11.4 Å². The van der Waals surface area contributed by atoms with Gasteiger partial charge in [-0.1, -0.05) is 6.92 Å². The summed E-state index contributed by atoms with van der Waals surface area (Å²) >= 11 is 0. The van der Waals surface area contributed by atoms with Crippen molar-refractivity contribution in [3.05, 3.63) is 24.0 Å². The van der Waals surface area contributed by atoms with E-state index in [1.807, 2.05) is 6.92 Å². The predicted molar refractivity (Wildman–Crippen MR) is 75.3 cm³/mol. The molecular formula is C12H13ClFN3O3S. The van der Waals surface area contributed by atoms with Crippen molar-refractivity contribution in [1.29, 1.82) is 0 Å². The van der Waals surface area contributed by atoms with Crippen LogP contribution in [0.2, 0.25) is 0 Å². The largest absolute Gasteiger partial charge is 0.494 e. The number of benzene rings is 1. The van der Waals surface area contributed by atoms with Crippen molar-refractivity contribution < 1.29 is 17.5 Å². The quantitative estimate of drug-likeness (QED) is 0.786. The first-order valence-corrected chi connectivity index (χ1v) is 8.41. The normalized spacial score (nSPS) is 11.6. The number of halogens is 2. The molecule has 0 N–H and O–H groups in total. The first-order valence-electron chi connectivity index (χ1n) is 6.10. The summed E-state index contributed by atoms with van der Waals surface area (Å²) in [5.41, 5.74) is 0.390. The molecule has 0 aliphatic heterocycles. The Labute approximate surface area is 125 Å². The van der Waals surface area contributed by atoms with Gasteiger partial charge in [-0.05, 0) is 24.6 Å². The second-order valence-corrected chi connectivity index (χ2v) is 6.70. The van der Waals surface area contributed by atoms with Gasteiger partial charge in [0.1, 0.15) is 0 Å². The lowest BCUT2D eigenvalue weighted by Gasteiger charge is -2.08. The fourth-order valence-electron chi connectivity index (χ4n) is 1.91. The summed E-state index contributed by atoms with van der Waals surface area (Å²) < 4.78 is 42.9. The molecule has 21 heavy (non-hydrogen) atoms. The molecule has 1 aromatic carbocycles. The topological polar surface area (TPSA) is 74.1 Å². The fourth-order valence-corrected chi connectivity index (χ4v) is 2.84. The van der Waals surface area contributed by atoms with Crippen molar-refractivity contribution in [2.45, 2.75) is 25.0 Å². The van der Waals surface area contributed by atoms with Gasteiger partial charge in [0, 0.05) is 22.8 Å². The van der Waals surface area contributed by atoms with E-state index in [1.165, 1.54) is 23.8 Å². The molecule has 0 radical (unpaired) electrons.